The third kappa shape index (κ3) is 2.25. The lowest BCUT2D eigenvalue weighted by Gasteiger charge is -2.14. The van der Waals surface area contributed by atoms with Crippen molar-refractivity contribution >= 4 is 11.6 Å². The maximum absolute atomic E-state index is 13.5. The highest BCUT2D eigenvalue weighted by atomic mass is 35.5. The third-order valence-electron chi connectivity index (χ3n) is 2.20. The largest absolute Gasteiger partial charge is 0.491 e. The maximum Gasteiger partial charge on any atom is 0.203 e. The molecule has 0 aromatic heterocycles. The van der Waals surface area contributed by atoms with E-state index in [-0.39, 0.29) is 11.4 Å². The number of hydrogen-bond acceptors (Lipinski definition) is 2. The van der Waals surface area contributed by atoms with Crippen LogP contribution >= 0.6 is 11.6 Å². The van der Waals surface area contributed by atoms with Crippen molar-refractivity contribution < 1.29 is 23.0 Å². The molecule has 2 nitrogen and oxygen atoms in total. The van der Waals surface area contributed by atoms with Crippen LogP contribution in [0.2, 0.25) is 0 Å². The zero-order valence-corrected chi connectivity index (χ0v) is 9.19. The summed E-state index contributed by atoms with van der Waals surface area (Å²) in [6.07, 6.45) is 0. The highest BCUT2D eigenvalue weighted by Crippen LogP contribution is 2.30. The number of benzene rings is 1. The van der Waals surface area contributed by atoms with Crippen molar-refractivity contribution in [2.24, 2.45) is 0 Å². The van der Waals surface area contributed by atoms with Gasteiger partial charge in [0.1, 0.15) is 0 Å². The van der Waals surface area contributed by atoms with Crippen LogP contribution in [0.5, 0.6) is 5.75 Å². The normalized spacial score (nSPS) is 12.6. The third-order valence-corrected chi connectivity index (χ3v) is 2.57. The highest BCUT2D eigenvalue weighted by Gasteiger charge is 2.23. The molecule has 0 fully saturated rings. The van der Waals surface area contributed by atoms with Crippen molar-refractivity contribution in [2.75, 3.05) is 19.6 Å². The molecule has 90 valence electrons. The standard InChI is InChI=1S/C10H10ClF3O2/c1-16-10-7(12)2-6(5(3-11)4-15)8(13)9(10)14/h2,5,15H,3-4H2,1H3. The molecule has 1 atom stereocenters. The van der Waals surface area contributed by atoms with Gasteiger partial charge in [-0.3, -0.25) is 0 Å². The van der Waals surface area contributed by atoms with Crippen LogP contribution in [0, 0.1) is 17.5 Å². The smallest absolute Gasteiger partial charge is 0.203 e. The summed E-state index contributed by atoms with van der Waals surface area (Å²) < 4.78 is 44.4. The summed E-state index contributed by atoms with van der Waals surface area (Å²) in [6.45, 7) is -0.494. The molecule has 1 aromatic rings. The van der Waals surface area contributed by atoms with Crippen LogP contribution in [0.3, 0.4) is 0 Å². The van der Waals surface area contributed by atoms with Gasteiger partial charge in [-0.1, -0.05) is 0 Å². The molecule has 0 spiro atoms. The summed E-state index contributed by atoms with van der Waals surface area (Å²) in [7, 11) is 1.03. The second-order valence-corrected chi connectivity index (χ2v) is 3.45. The first-order chi connectivity index (χ1) is 7.56. The quantitative estimate of drug-likeness (QED) is 0.661. The molecule has 0 aliphatic carbocycles. The molecule has 0 saturated carbocycles. The Hall–Kier alpha value is -0.940. The molecule has 16 heavy (non-hydrogen) atoms. The van der Waals surface area contributed by atoms with Crippen molar-refractivity contribution in [3.63, 3.8) is 0 Å². The molecule has 0 heterocycles. The summed E-state index contributed by atoms with van der Waals surface area (Å²) in [4.78, 5) is 0. The maximum atomic E-state index is 13.5. The molecule has 1 N–H and O–H groups in total. The monoisotopic (exact) mass is 254 g/mol. The van der Waals surface area contributed by atoms with Crippen molar-refractivity contribution in [3.05, 3.63) is 29.1 Å². The molecular formula is C10H10ClF3O2. The van der Waals surface area contributed by atoms with E-state index < -0.39 is 35.7 Å². The minimum atomic E-state index is -1.42. The lowest BCUT2D eigenvalue weighted by molar-refractivity contribution is 0.269. The molecule has 0 aliphatic rings. The highest BCUT2D eigenvalue weighted by molar-refractivity contribution is 6.18. The van der Waals surface area contributed by atoms with Gasteiger partial charge < -0.3 is 9.84 Å². The molecule has 0 aliphatic heterocycles. The molecule has 6 heteroatoms. The Morgan fingerprint density at radius 3 is 2.44 bits per heavy atom. The second-order valence-electron chi connectivity index (χ2n) is 3.14. The first kappa shape index (κ1) is 13.1. The van der Waals surface area contributed by atoms with E-state index in [1.807, 2.05) is 0 Å². The first-order valence-corrected chi connectivity index (χ1v) is 4.98. The molecule has 1 aromatic carbocycles. The van der Waals surface area contributed by atoms with Crippen molar-refractivity contribution in [2.45, 2.75) is 5.92 Å². The van der Waals surface area contributed by atoms with Gasteiger partial charge in [-0.2, -0.15) is 4.39 Å². The molecule has 0 saturated heterocycles. The number of halogens is 4. The van der Waals surface area contributed by atoms with Gasteiger partial charge in [0.15, 0.2) is 17.4 Å². The SMILES string of the molecule is COc1c(F)cc(C(CO)CCl)c(F)c1F. The van der Waals surface area contributed by atoms with Crippen LogP contribution in [0.25, 0.3) is 0 Å². The van der Waals surface area contributed by atoms with Gasteiger partial charge in [0, 0.05) is 17.4 Å². The fourth-order valence-electron chi connectivity index (χ4n) is 1.31. The van der Waals surface area contributed by atoms with Gasteiger partial charge in [-0.15, -0.1) is 11.6 Å². The van der Waals surface area contributed by atoms with Crippen LogP contribution in [-0.4, -0.2) is 24.7 Å². The topological polar surface area (TPSA) is 29.5 Å². The van der Waals surface area contributed by atoms with E-state index >= 15 is 0 Å². The molecule has 1 rings (SSSR count). The van der Waals surface area contributed by atoms with Crippen molar-refractivity contribution in [1.82, 2.24) is 0 Å². The number of ether oxygens (including phenoxy) is 1. The minimum absolute atomic E-state index is 0.140. The van der Waals surface area contributed by atoms with E-state index in [1.165, 1.54) is 0 Å². The van der Waals surface area contributed by atoms with Gasteiger partial charge in [-0.25, -0.2) is 8.78 Å². The van der Waals surface area contributed by atoms with Crippen LogP contribution in [0.4, 0.5) is 13.2 Å². The lowest BCUT2D eigenvalue weighted by atomic mass is 10.0. The van der Waals surface area contributed by atoms with Crippen LogP contribution in [-0.2, 0) is 0 Å². The first-order valence-electron chi connectivity index (χ1n) is 4.45. The van der Waals surface area contributed by atoms with Crippen molar-refractivity contribution in [1.29, 1.82) is 0 Å². The van der Waals surface area contributed by atoms with Crippen LogP contribution in [0.1, 0.15) is 11.5 Å². The predicted octanol–water partition coefficient (Wildman–Crippen LogP) is 2.43. The summed E-state index contributed by atoms with van der Waals surface area (Å²) in [5, 5.41) is 8.88. The Labute approximate surface area is 95.6 Å². The Kier molecular flexibility index (Phi) is 4.44. The number of aliphatic hydroxyl groups is 1. The van der Waals surface area contributed by atoms with Gasteiger partial charge >= 0.3 is 0 Å². The average molecular weight is 255 g/mol. The summed E-state index contributed by atoms with van der Waals surface area (Å²) in [6, 6.07) is 0.778. The molecule has 0 bridgehead atoms. The Morgan fingerprint density at radius 2 is 2.00 bits per heavy atom. The summed E-state index contributed by atoms with van der Waals surface area (Å²) in [5.41, 5.74) is -0.298. The van der Waals surface area contributed by atoms with Gasteiger partial charge in [0.25, 0.3) is 0 Å². The zero-order chi connectivity index (χ0) is 12.3. The van der Waals surface area contributed by atoms with Crippen LogP contribution < -0.4 is 4.74 Å². The lowest BCUT2D eigenvalue weighted by Crippen LogP contribution is -2.11. The minimum Gasteiger partial charge on any atom is -0.491 e. The summed E-state index contributed by atoms with van der Waals surface area (Å²) >= 11 is 5.45. The number of aliphatic hydroxyl groups excluding tert-OH is 1. The van der Waals surface area contributed by atoms with Gasteiger partial charge in [0.2, 0.25) is 5.82 Å². The zero-order valence-electron chi connectivity index (χ0n) is 8.44. The molecular weight excluding hydrogens is 245 g/mol. The fourth-order valence-corrected chi connectivity index (χ4v) is 1.57. The van der Waals surface area contributed by atoms with E-state index in [0.717, 1.165) is 13.2 Å². The summed E-state index contributed by atoms with van der Waals surface area (Å²) in [5.74, 6) is -5.47. The number of hydrogen-bond donors (Lipinski definition) is 1. The Bertz CT molecular complexity index is 381. The number of alkyl halides is 1. The van der Waals surface area contributed by atoms with E-state index in [9.17, 15) is 13.2 Å². The van der Waals surface area contributed by atoms with Crippen molar-refractivity contribution in [3.8, 4) is 5.75 Å². The average Bonchev–Trinajstić information content (AvgIpc) is 2.27. The second kappa shape index (κ2) is 5.41. The molecule has 0 radical (unpaired) electrons. The molecule has 1 unspecified atom stereocenters. The van der Waals surface area contributed by atoms with E-state index in [4.69, 9.17) is 16.7 Å². The fraction of sp³-hybridized carbons (Fsp3) is 0.400. The predicted molar refractivity (Wildman–Crippen MR) is 53.4 cm³/mol. The molecule has 0 amide bonds. The van der Waals surface area contributed by atoms with Gasteiger partial charge in [0.05, 0.1) is 13.7 Å². The number of rotatable bonds is 4. The van der Waals surface area contributed by atoms with E-state index in [2.05, 4.69) is 4.74 Å². The van der Waals surface area contributed by atoms with Crippen LogP contribution in [0.15, 0.2) is 6.07 Å². The van der Waals surface area contributed by atoms with E-state index in [0.29, 0.717) is 0 Å². The van der Waals surface area contributed by atoms with E-state index in [1.54, 1.807) is 0 Å². The number of methoxy groups -OCH3 is 1. The Morgan fingerprint density at radius 1 is 1.38 bits per heavy atom. The van der Waals surface area contributed by atoms with Gasteiger partial charge in [-0.05, 0) is 6.07 Å². The Balaban J connectivity index is 3.32.